The normalized spacial score (nSPS) is 10.4. The van der Waals surface area contributed by atoms with Crippen molar-refractivity contribution >= 4 is 5.97 Å². The summed E-state index contributed by atoms with van der Waals surface area (Å²) in [5.41, 5.74) is 1.01. The molecule has 21 heavy (non-hydrogen) atoms. The maximum atomic E-state index is 12.2. The van der Waals surface area contributed by atoms with Crippen LogP contribution < -0.4 is 11.1 Å². The Morgan fingerprint density at radius 3 is 2.29 bits per heavy atom. The molecule has 0 N–H and O–H groups in total. The number of aromatic nitrogens is 2. The average molecular weight is 288 g/mol. The minimum atomic E-state index is -0.759. The van der Waals surface area contributed by atoms with E-state index in [0.717, 1.165) is 15.7 Å². The molecule has 110 valence electrons. The van der Waals surface area contributed by atoms with E-state index in [0.29, 0.717) is 5.69 Å². The van der Waals surface area contributed by atoms with Crippen LogP contribution in [0.2, 0.25) is 0 Å². The minimum Gasteiger partial charge on any atom is -0.468 e. The lowest BCUT2D eigenvalue weighted by atomic mass is 10.1. The lowest BCUT2D eigenvalue weighted by molar-refractivity contribution is -0.141. The predicted octanol–water partition coefficient (Wildman–Crippen LogP) is 0.789. The molecule has 0 atom stereocenters. The number of methoxy groups -OCH3 is 1. The van der Waals surface area contributed by atoms with Gasteiger partial charge in [0.1, 0.15) is 6.54 Å². The quantitative estimate of drug-likeness (QED) is 0.618. The number of carbonyl (C=O) groups is 1. The number of carbonyl (C=O) groups excluding carboxylic acids is 1. The van der Waals surface area contributed by atoms with E-state index < -0.39 is 17.1 Å². The van der Waals surface area contributed by atoms with Crippen LogP contribution in [-0.2, 0) is 16.1 Å². The molecular formula is C15H16N2O4. The largest absolute Gasteiger partial charge is 0.468 e. The third-order valence-corrected chi connectivity index (χ3v) is 3.27. The number of para-hydroxylation sites is 1. The Labute approximate surface area is 121 Å². The van der Waals surface area contributed by atoms with Crippen molar-refractivity contribution < 1.29 is 9.53 Å². The summed E-state index contributed by atoms with van der Waals surface area (Å²) in [6.07, 6.45) is 2.90. The molecule has 0 saturated heterocycles. The van der Waals surface area contributed by atoms with Crippen LogP contribution in [0, 0.1) is 13.8 Å². The van der Waals surface area contributed by atoms with Gasteiger partial charge in [0.25, 0.3) is 0 Å². The zero-order valence-electron chi connectivity index (χ0n) is 12.1. The Balaban J connectivity index is 2.59. The van der Waals surface area contributed by atoms with E-state index in [1.54, 1.807) is 0 Å². The first-order chi connectivity index (χ1) is 9.95. The highest BCUT2D eigenvalue weighted by atomic mass is 16.5. The summed E-state index contributed by atoms with van der Waals surface area (Å²) in [7, 11) is 1.23. The van der Waals surface area contributed by atoms with Gasteiger partial charge in [-0.15, -0.1) is 0 Å². The maximum Gasteiger partial charge on any atom is 0.325 e. The van der Waals surface area contributed by atoms with E-state index >= 15 is 0 Å². The van der Waals surface area contributed by atoms with Crippen LogP contribution in [0.15, 0.2) is 40.2 Å². The summed E-state index contributed by atoms with van der Waals surface area (Å²) in [6.45, 7) is 3.46. The minimum absolute atomic E-state index is 0.280. The highest BCUT2D eigenvalue weighted by Gasteiger charge is 2.12. The van der Waals surface area contributed by atoms with Gasteiger partial charge < -0.3 is 4.74 Å². The van der Waals surface area contributed by atoms with Gasteiger partial charge in [0.2, 0.25) is 0 Å². The molecule has 0 unspecified atom stereocenters. The fraction of sp³-hybridized carbons (Fsp3) is 0.267. The van der Waals surface area contributed by atoms with Crippen LogP contribution >= 0.6 is 0 Å². The third-order valence-electron chi connectivity index (χ3n) is 3.27. The summed E-state index contributed by atoms with van der Waals surface area (Å²) in [4.78, 5) is 35.5. The molecule has 0 radical (unpaired) electrons. The average Bonchev–Trinajstić information content (AvgIpc) is 2.45. The summed E-state index contributed by atoms with van der Waals surface area (Å²) in [6, 6.07) is 5.63. The number of nitrogens with zero attached hydrogens (tertiary/aromatic N) is 2. The summed E-state index contributed by atoms with van der Waals surface area (Å²) in [5, 5.41) is 0. The van der Waals surface area contributed by atoms with Crippen LogP contribution in [0.3, 0.4) is 0 Å². The van der Waals surface area contributed by atoms with Gasteiger partial charge in [-0.3, -0.25) is 23.5 Å². The SMILES string of the molecule is COC(=O)Cn1ccn(-c2c(C)cccc2C)c(=O)c1=O. The molecule has 1 aromatic carbocycles. The van der Waals surface area contributed by atoms with Crippen molar-refractivity contribution in [1.82, 2.24) is 9.13 Å². The van der Waals surface area contributed by atoms with Crippen LogP contribution in [-0.4, -0.2) is 22.2 Å². The molecule has 0 aliphatic carbocycles. The van der Waals surface area contributed by atoms with Crippen LogP contribution in [0.5, 0.6) is 0 Å². The van der Waals surface area contributed by atoms with Gasteiger partial charge in [-0.1, -0.05) is 18.2 Å². The summed E-state index contributed by atoms with van der Waals surface area (Å²) < 4.78 is 6.84. The molecular weight excluding hydrogens is 272 g/mol. The first-order valence-electron chi connectivity index (χ1n) is 6.41. The molecule has 6 nitrogen and oxygen atoms in total. The van der Waals surface area contributed by atoms with E-state index in [2.05, 4.69) is 4.74 Å². The van der Waals surface area contributed by atoms with Gasteiger partial charge in [0, 0.05) is 12.4 Å². The van der Waals surface area contributed by atoms with Gasteiger partial charge >= 0.3 is 17.1 Å². The molecule has 0 bridgehead atoms. The molecule has 0 spiro atoms. The Bertz CT molecular complexity index is 782. The molecule has 0 aliphatic rings. The molecule has 0 saturated carbocycles. The number of esters is 1. The lowest BCUT2D eigenvalue weighted by Crippen LogP contribution is -2.41. The fourth-order valence-corrected chi connectivity index (χ4v) is 2.20. The molecule has 2 aromatic rings. The second kappa shape index (κ2) is 5.78. The number of hydrogen-bond acceptors (Lipinski definition) is 4. The van der Waals surface area contributed by atoms with Gasteiger partial charge in [-0.2, -0.15) is 0 Å². The van der Waals surface area contributed by atoms with E-state index in [-0.39, 0.29) is 6.54 Å². The van der Waals surface area contributed by atoms with Crippen molar-refractivity contribution in [2.24, 2.45) is 0 Å². The molecule has 2 rings (SSSR count). The topological polar surface area (TPSA) is 70.3 Å². The van der Waals surface area contributed by atoms with Gasteiger partial charge in [0.05, 0.1) is 12.8 Å². The Kier molecular flexibility index (Phi) is 4.07. The lowest BCUT2D eigenvalue weighted by Gasteiger charge is -2.13. The number of rotatable bonds is 3. The molecule has 1 aromatic heterocycles. The Hall–Kier alpha value is -2.63. The second-order valence-electron chi connectivity index (χ2n) is 4.72. The first-order valence-corrected chi connectivity index (χ1v) is 6.41. The van der Waals surface area contributed by atoms with Crippen molar-refractivity contribution in [3.05, 3.63) is 62.4 Å². The molecule has 6 heteroatoms. The zero-order chi connectivity index (χ0) is 15.6. The van der Waals surface area contributed by atoms with E-state index in [1.807, 2.05) is 32.0 Å². The highest BCUT2D eigenvalue weighted by Crippen LogP contribution is 2.16. The number of aryl methyl sites for hydroxylation is 2. The van der Waals surface area contributed by atoms with Crippen molar-refractivity contribution in [3.63, 3.8) is 0 Å². The smallest absolute Gasteiger partial charge is 0.325 e. The van der Waals surface area contributed by atoms with Crippen molar-refractivity contribution in [1.29, 1.82) is 0 Å². The van der Waals surface area contributed by atoms with Gasteiger partial charge in [-0.05, 0) is 25.0 Å². The monoisotopic (exact) mass is 288 g/mol. The maximum absolute atomic E-state index is 12.2. The highest BCUT2D eigenvalue weighted by molar-refractivity contribution is 5.68. The van der Waals surface area contributed by atoms with Crippen LogP contribution in [0.4, 0.5) is 0 Å². The summed E-state index contributed by atoms with van der Waals surface area (Å²) in [5.74, 6) is -0.582. The Morgan fingerprint density at radius 2 is 1.71 bits per heavy atom. The van der Waals surface area contributed by atoms with Gasteiger partial charge in [0.15, 0.2) is 0 Å². The van der Waals surface area contributed by atoms with Crippen molar-refractivity contribution in [2.45, 2.75) is 20.4 Å². The fourth-order valence-electron chi connectivity index (χ4n) is 2.20. The van der Waals surface area contributed by atoms with E-state index in [9.17, 15) is 14.4 Å². The zero-order valence-corrected chi connectivity index (χ0v) is 12.1. The number of benzene rings is 1. The number of ether oxygens (including phenoxy) is 1. The predicted molar refractivity (Wildman–Crippen MR) is 77.8 cm³/mol. The van der Waals surface area contributed by atoms with Crippen molar-refractivity contribution in [2.75, 3.05) is 7.11 Å². The van der Waals surface area contributed by atoms with Crippen LogP contribution in [0.25, 0.3) is 5.69 Å². The van der Waals surface area contributed by atoms with E-state index in [4.69, 9.17) is 0 Å². The number of hydrogen-bond donors (Lipinski definition) is 0. The first kappa shape index (κ1) is 14.8. The second-order valence-corrected chi connectivity index (χ2v) is 4.72. The molecule has 1 heterocycles. The van der Waals surface area contributed by atoms with Gasteiger partial charge in [-0.25, -0.2) is 0 Å². The molecule has 0 aliphatic heterocycles. The molecule has 0 amide bonds. The molecule has 0 fully saturated rings. The standard InChI is InChI=1S/C15H16N2O4/c1-10-5-4-6-11(2)13(10)17-8-7-16(9-12(18)21-3)14(19)15(17)20/h4-8H,9H2,1-3H3. The summed E-state index contributed by atoms with van der Waals surface area (Å²) >= 11 is 0. The third kappa shape index (κ3) is 2.79. The van der Waals surface area contributed by atoms with Crippen LogP contribution in [0.1, 0.15) is 11.1 Å². The van der Waals surface area contributed by atoms with E-state index in [1.165, 1.54) is 24.1 Å². The van der Waals surface area contributed by atoms with Crippen molar-refractivity contribution in [3.8, 4) is 5.69 Å². The Morgan fingerprint density at radius 1 is 1.10 bits per heavy atom.